The molecule has 0 saturated carbocycles. The van der Waals surface area contributed by atoms with Gasteiger partial charge in [0.25, 0.3) is 5.54 Å². The molecule has 6 heteroatoms. The molecule has 2 aromatic carbocycles. The lowest BCUT2D eigenvalue weighted by Gasteiger charge is -2.21. The fraction of sp³-hybridized carbons (Fsp3) is 0.300. The zero-order valence-electron chi connectivity index (χ0n) is 15.0. The minimum absolute atomic E-state index is 0.378. The van der Waals surface area contributed by atoms with Crippen molar-refractivity contribution in [3.05, 3.63) is 60.2 Å². The number of azo groups is 1. The third-order valence-corrected chi connectivity index (χ3v) is 3.91. The third-order valence-electron chi connectivity index (χ3n) is 3.91. The second-order valence-corrected chi connectivity index (χ2v) is 5.99. The summed E-state index contributed by atoms with van der Waals surface area (Å²) >= 11 is 0. The number of methoxy groups -OCH3 is 1. The van der Waals surface area contributed by atoms with Gasteiger partial charge in [-0.1, -0.05) is 44.2 Å². The van der Waals surface area contributed by atoms with Crippen molar-refractivity contribution in [3.63, 3.8) is 0 Å². The maximum absolute atomic E-state index is 12.0. The summed E-state index contributed by atoms with van der Waals surface area (Å²) in [5.41, 5.74) is -0.0663. The van der Waals surface area contributed by atoms with Gasteiger partial charge in [-0.15, -0.1) is 0 Å². The Bertz CT molecular complexity index is 795. The fourth-order valence-electron chi connectivity index (χ4n) is 2.23. The molecule has 6 nitrogen and oxygen atoms in total. The van der Waals surface area contributed by atoms with E-state index in [0.717, 1.165) is 5.56 Å². The summed E-state index contributed by atoms with van der Waals surface area (Å²) in [4.78, 5) is 12.0. The van der Waals surface area contributed by atoms with Crippen LogP contribution in [0.25, 0.3) is 0 Å². The minimum atomic E-state index is -1.66. The smallest absolute Gasteiger partial charge is 0.350 e. The van der Waals surface area contributed by atoms with E-state index in [-0.39, 0.29) is 5.92 Å². The first-order valence-corrected chi connectivity index (χ1v) is 8.21. The number of hydrogen-bond donors (Lipinski definition) is 0. The Morgan fingerprint density at radius 2 is 1.81 bits per heavy atom. The summed E-state index contributed by atoms with van der Waals surface area (Å²) in [6, 6.07) is 18.7. The van der Waals surface area contributed by atoms with Crippen LogP contribution in [0.15, 0.2) is 64.8 Å². The summed E-state index contributed by atoms with van der Waals surface area (Å²) < 4.78 is 10.4. The molecule has 0 bridgehead atoms. The highest BCUT2D eigenvalue weighted by molar-refractivity contribution is 5.84. The molecule has 1 unspecified atom stereocenters. The Hall–Kier alpha value is -3.20. The van der Waals surface area contributed by atoms with Gasteiger partial charge in [0.15, 0.2) is 0 Å². The molecule has 0 heterocycles. The quantitative estimate of drug-likeness (QED) is 0.545. The predicted octanol–water partition coefficient (Wildman–Crippen LogP) is 4.44. The SMILES string of the molecule is COC(=O)C(C#N)(/N=N/c1ccc(OCc2ccccc2)cc1)C(C)C. The van der Waals surface area contributed by atoms with Gasteiger partial charge in [-0.05, 0) is 29.8 Å². The van der Waals surface area contributed by atoms with Crippen LogP contribution in [0.1, 0.15) is 19.4 Å². The van der Waals surface area contributed by atoms with Crippen molar-refractivity contribution in [3.8, 4) is 11.8 Å². The van der Waals surface area contributed by atoms with Gasteiger partial charge in [0.05, 0.1) is 12.8 Å². The fourth-order valence-corrected chi connectivity index (χ4v) is 2.23. The van der Waals surface area contributed by atoms with Crippen LogP contribution in [-0.2, 0) is 16.1 Å². The number of hydrogen-bond acceptors (Lipinski definition) is 6. The molecule has 1 atom stereocenters. The van der Waals surface area contributed by atoms with Crippen molar-refractivity contribution < 1.29 is 14.3 Å². The Labute approximate surface area is 153 Å². The van der Waals surface area contributed by atoms with E-state index in [9.17, 15) is 10.1 Å². The molecule has 0 spiro atoms. The van der Waals surface area contributed by atoms with Crippen LogP contribution in [0.3, 0.4) is 0 Å². The lowest BCUT2D eigenvalue weighted by Crippen LogP contribution is -2.41. The van der Waals surface area contributed by atoms with Gasteiger partial charge in [-0.25, -0.2) is 4.79 Å². The highest BCUT2D eigenvalue weighted by Crippen LogP contribution is 2.27. The summed E-state index contributed by atoms with van der Waals surface area (Å²) in [6.07, 6.45) is 0. The normalized spacial score (nSPS) is 13.2. The average molecular weight is 351 g/mol. The van der Waals surface area contributed by atoms with Crippen LogP contribution in [0.5, 0.6) is 5.75 Å². The standard InChI is InChI=1S/C20H21N3O3/c1-15(2)20(14-21,19(24)25-3)23-22-17-9-11-18(12-10-17)26-13-16-7-5-4-6-8-16/h4-12,15H,13H2,1-3H3/b23-22+. The molecule has 0 aliphatic carbocycles. The predicted molar refractivity (Wildman–Crippen MR) is 96.9 cm³/mol. The molecule has 0 aromatic heterocycles. The average Bonchev–Trinajstić information content (AvgIpc) is 2.68. The lowest BCUT2D eigenvalue weighted by atomic mass is 9.89. The van der Waals surface area contributed by atoms with Crippen molar-refractivity contribution in [2.75, 3.05) is 7.11 Å². The Balaban J connectivity index is 2.09. The van der Waals surface area contributed by atoms with Crippen LogP contribution in [0, 0.1) is 17.2 Å². The van der Waals surface area contributed by atoms with Gasteiger partial charge in [0, 0.05) is 5.92 Å². The molecule has 0 radical (unpaired) electrons. The zero-order chi connectivity index (χ0) is 19.0. The molecule has 26 heavy (non-hydrogen) atoms. The van der Waals surface area contributed by atoms with Gasteiger partial charge in [-0.2, -0.15) is 15.5 Å². The van der Waals surface area contributed by atoms with E-state index in [1.165, 1.54) is 7.11 Å². The van der Waals surface area contributed by atoms with E-state index >= 15 is 0 Å². The number of benzene rings is 2. The number of rotatable bonds is 7. The summed E-state index contributed by atoms with van der Waals surface area (Å²) in [6.45, 7) is 3.91. The zero-order valence-corrected chi connectivity index (χ0v) is 15.0. The van der Waals surface area contributed by atoms with Crippen molar-refractivity contribution >= 4 is 11.7 Å². The van der Waals surface area contributed by atoms with E-state index in [1.54, 1.807) is 38.1 Å². The van der Waals surface area contributed by atoms with Crippen LogP contribution < -0.4 is 4.74 Å². The maximum atomic E-state index is 12.0. The number of carbonyl (C=O) groups excluding carboxylic acids is 1. The lowest BCUT2D eigenvalue weighted by molar-refractivity contribution is -0.146. The Kier molecular flexibility index (Phi) is 6.45. The van der Waals surface area contributed by atoms with E-state index in [0.29, 0.717) is 18.0 Å². The molecule has 0 fully saturated rings. The molecular weight excluding hydrogens is 330 g/mol. The molecule has 2 rings (SSSR count). The van der Waals surface area contributed by atoms with Gasteiger partial charge in [0.2, 0.25) is 0 Å². The van der Waals surface area contributed by atoms with Crippen LogP contribution in [0.2, 0.25) is 0 Å². The number of ether oxygens (including phenoxy) is 2. The van der Waals surface area contributed by atoms with Gasteiger partial charge in [-0.3, -0.25) is 0 Å². The first-order valence-electron chi connectivity index (χ1n) is 8.21. The maximum Gasteiger partial charge on any atom is 0.350 e. The molecule has 0 N–H and O–H groups in total. The first kappa shape index (κ1) is 19.1. The van der Waals surface area contributed by atoms with E-state index in [1.807, 2.05) is 36.4 Å². The van der Waals surface area contributed by atoms with Crippen molar-refractivity contribution in [1.29, 1.82) is 5.26 Å². The largest absolute Gasteiger partial charge is 0.489 e. The van der Waals surface area contributed by atoms with E-state index < -0.39 is 11.5 Å². The van der Waals surface area contributed by atoms with Gasteiger partial charge < -0.3 is 9.47 Å². The van der Waals surface area contributed by atoms with Gasteiger partial charge >= 0.3 is 5.97 Å². The number of esters is 1. The molecule has 0 amide bonds. The summed E-state index contributed by atoms with van der Waals surface area (Å²) in [5.74, 6) is -0.407. The van der Waals surface area contributed by atoms with Gasteiger partial charge in [0.1, 0.15) is 18.4 Å². The monoisotopic (exact) mass is 351 g/mol. The third kappa shape index (κ3) is 4.45. The topological polar surface area (TPSA) is 84.0 Å². The van der Waals surface area contributed by atoms with Crippen LogP contribution >= 0.6 is 0 Å². The van der Waals surface area contributed by atoms with Crippen LogP contribution in [-0.4, -0.2) is 18.6 Å². The van der Waals surface area contributed by atoms with Crippen molar-refractivity contribution in [1.82, 2.24) is 0 Å². The van der Waals surface area contributed by atoms with E-state index in [2.05, 4.69) is 10.2 Å². The molecular formula is C20H21N3O3. The molecule has 2 aromatic rings. The second kappa shape index (κ2) is 8.77. The molecule has 0 saturated heterocycles. The number of nitriles is 1. The molecule has 0 aliphatic rings. The Morgan fingerprint density at radius 3 is 2.35 bits per heavy atom. The molecule has 134 valence electrons. The Morgan fingerprint density at radius 1 is 1.15 bits per heavy atom. The second-order valence-electron chi connectivity index (χ2n) is 5.99. The first-order chi connectivity index (χ1) is 12.5. The van der Waals surface area contributed by atoms with E-state index in [4.69, 9.17) is 9.47 Å². The number of carbonyl (C=O) groups is 1. The van der Waals surface area contributed by atoms with Crippen LogP contribution in [0.4, 0.5) is 5.69 Å². The minimum Gasteiger partial charge on any atom is -0.489 e. The van der Waals surface area contributed by atoms with Crippen molar-refractivity contribution in [2.45, 2.75) is 26.0 Å². The van der Waals surface area contributed by atoms with Crippen molar-refractivity contribution in [2.24, 2.45) is 16.1 Å². The summed E-state index contributed by atoms with van der Waals surface area (Å²) in [5, 5.41) is 17.5. The summed E-state index contributed by atoms with van der Waals surface area (Å²) in [7, 11) is 1.23. The number of nitrogens with zero attached hydrogens (tertiary/aromatic N) is 3. The highest BCUT2D eigenvalue weighted by Gasteiger charge is 2.44. The highest BCUT2D eigenvalue weighted by atomic mass is 16.5. The molecule has 0 aliphatic heterocycles.